The summed E-state index contributed by atoms with van der Waals surface area (Å²) in [5, 5.41) is 18.7. The Hall–Kier alpha value is -4.20. The van der Waals surface area contributed by atoms with Gasteiger partial charge in [-0.05, 0) is 53.4 Å². The number of amides is 1. The van der Waals surface area contributed by atoms with Crippen LogP contribution in [0.2, 0.25) is 0 Å². The molecular weight excluding hydrogens is 450 g/mol. The average molecular weight is 478 g/mol. The Labute approximate surface area is 203 Å². The number of hydrogen-bond donors (Lipinski definition) is 2. The van der Waals surface area contributed by atoms with Gasteiger partial charge in [0.1, 0.15) is 0 Å². The molecule has 1 aliphatic rings. The number of benzene rings is 3. The predicted octanol–water partition coefficient (Wildman–Crippen LogP) is 5.68. The molecule has 0 atom stereocenters. The van der Waals surface area contributed by atoms with Crippen molar-refractivity contribution in [1.82, 2.24) is 4.90 Å². The summed E-state index contributed by atoms with van der Waals surface area (Å²) >= 11 is 0. The fourth-order valence-electron chi connectivity index (χ4n) is 3.91. The van der Waals surface area contributed by atoms with E-state index in [0.717, 1.165) is 30.4 Å². The number of aromatic hydroxyl groups is 1. The number of phenolic OH excluding ortho intramolecular Hbond substituents is 1. The van der Waals surface area contributed by atoms with Gasteiger partial charge in [-0.15, -0.1) is 0 Å². The Morgan fingerprint density at radius 2 is 1.69 bits per heavy atom. The van der Waals surface area contributed by atoms with Crippen molar-refractivity contribution >= 4 is 12.1 Å². The van der Waals surface area contributed by atoms with Crippen molar-refractivity contribution in [2.24, 2.45) is 0 Å². The highest BCUT2D eigenvalue weighted by Gasteiger charge is 2.20. The maximum atomic E-state index is 13.3. The fraction of sp³-hybridized carbons (Fsp3) is 0.259. The SMILES string of the molecule is CCCCCN(Cc1ccc(-c2ccc(O)c(OC(=O)O)c2)cc1)C(=O)c1ccc2c(c1)OCO2. The summed E-state index contributed by atoms with van der Waals surface area (Å²) in [6, 6.07) is 17.4. The molecule has 2 N–H and O–H groups in total. The van der Waals surface area contributed by atoms with Gasteiger partial charge < -0.3 is 29.3 Å². The summed E-state index contributed by atoms with van der Waals surface area (Å²) in [4.78, 5) is 26.0. The zero-order chi connectivity index (χ0) is 24.8. The van der Waals surface area contributed by atoms with Gasteiger partial charge >= 0.3 is 6.16 Å². The van der Waals surface area contributed by atoms with Crippen LogP contribution in [0.3, 0.4) is 0 Å². The largest absolute Gasteiger partial charge is 0.511 e. The van der Waals surface area contributed by atoms with Gasteiger partial charge in [-0.25, -0.2) is 4.79 Å². The van der Waals surface area contributed by atoms with Crippen LogP contribution in [0.5, 0.6) is 23.0 Å². The maximum Gasteiger partial charge on any atom is 0.511 e. The molecule has 0 fully saturated rings. The summed E-state index contributed by atoms with van der Waals surface area (Å²) in [6.07, 6.45) is 1.50. The van der Waals surface area contributed by atoms with Crippen molar-refractivity contribution in [3.05, 3.63) is 71.8 Å². The number of nitrogens with zero attached hydrogens (tertiary/aromatic N) is 1. The summed E-state index contributed by atoms with van der Waals surface area (Å²) in [7, 11) is 0. The Morgan fingerprint density at radius 3 is 2.43 bits per heavy atom. The van der Waals surface area contributed by atoms with Crippen molar-refractivity contribution in [2.75, 3.05) is 13.3 Å². The molecule has 4 rings (SSSR count). The van der Waals surface area contributed by atoms with Crippen LogP contribution in [-0.4, -0.2) is 40.5 Å². The lowest BCUT2D eigenvalue weighted by atomic mass is 10.0. The number of carbonyl (C=O) groups excluding carboxylic acids is 1. The standard InChI is InChI=1S/C27H27NO7/c1-2-3-4-13-28(26(30)21-10-12-23-25(15-21)34-17-33-23)16-18-5-7-19(8-6-18)20-9-11-22(29)24(14-20)35-27(31)32/h5-12,14-15,29H,2-4,13,16-17H2,1H3,(H,31,32). The van der Waals surface area contributed by atoms with Crippen molar-refractivity contribution in [1.29, 1.82) is 0 Å². The summed E-state index contributed by atoms with van der Waals surface area (Å²) in [5.74, 6) is 0.764. The minimum atomic E-state index is -1.50. The number of carboxylic acid groups (broad SMARTS) is 1. The molecule has 8 heteroatoms. The van der Waals surface area contributed by atoms with Crippen LogP contribution in [0, 0.1) is 0 Å². The molecule has 0 saturated carbocycles. The van der Waals surface area contributed by atoms with Crippen LogP contribution in [0.1, 0.15) is 42.1 Å². The normalized spacial score (nSPS) is 11.8. The maximum absolute atomic E-state index is 13.3. The highest BCUT2D eigenvalue weighted by atomic mass is 16.7. The van der Waals surface area contributed by atoms with E-state index in [2.05, 4.69) is 11.7 Å². The first-order chi connectivity index (χ1) is 16.9. The fourth-order valence-corrected chi connectivity index (χ4v) is 3.91. The number of phenols is 1. The van der Waals surface area contributed by atoms with E-state index in [1.807, 2.05) is 29.2 Å². The highest BCUT2D eigenvalue weighted by molar-refractivity contribution is 5.95. The van der Waals surface area contributed by atoms with Crippen molar-refractivity contribution in [3.8, 4) is 34.1 Å². The summed E-state index contributed by atoms with van der Waals surface area (Å²) in [6.45, 7) is 3.36. The minimum absolute atomic E-state index is 0.0718. The van der Waals surface area contributed by atoms with Crippen LogP contribution >= 0.6 is 0 Å². The van der Waals surface area contributed by atoms with Gasteiger partial charge in [0.2, 0.25) is 6.79 Å². The molecule has 0 saturated heterocycles. The van der Waals surface area contributed by atoms with Gasteiger partial charge in [-0.1, -0.05) is 50.1 Å². The lowest BCUT2D eigenvalue weighted by Gasteiger charge is -2.23. The average Bonchev–Trinajstić information content (AvgIpc) is 3.33. The van der Waals surface area contributed by atoms with Crippen molar-refractivity contribution in [2.45, 2.75) is 32.7 Å². The van der Waals surface area contributed by atoms with Crippen LogP contribution in [0.25, 0.3) is 11.1 Å². The number of rotatable bonds is 9. The van der Waals surface area contributed by atoms with E-state index >= 15 is 0 Å². The van der Waals surface area contributed by atoms with Crippen molar-refractivity contribution in [3.63, 3.8) is 0 Å². The Kier molecular flexibility index (Phi) is 7.40. The quantitative estimate of drug-likeness (QED) is 0.232. The molecule has 182 valence electrons. The first-order valence-electron chi connectivity index (χ1n) is 11.5. The number of ether oxygens (including phenoxy) is 3. The van der Waals surface area contributed by atoms with E-state index < -0.39 is 6.16 Å². The van der Waals surface area contributed by atoms with Crippen molar-refractivity contribution < 1.29 is 34.0 Å². The molecule has 0 radical (unpaired) electrons. The molecule has 1 amide bonds. The molecule has 3 aromatic rings. The van der Waals surface area contributed by atoms with Crippen LogP contribution < -0.4 is 14.2 Å². The second-order valence-corrected chi connectivity index (χ2v) is 8.25. The molecule has 8 nitrogen and oxygen atoms in total. The first-order valence-corrected chi connectivity index (χ1v) is 11.5. The second kappa shape index (κ2) is 10.8. The van der Waals surface area contributed by atoms with E-state index in [0.29, 0.717) is 35.7 Å². The molecule has 0 spiro atoms. The molecule has 1 aliphatic heterocycles. The van der Waals surface area contributed by atoms with Crippen LogP contribution in [0.4, 0.5) is 4.79 Å². The predicted molar refractivity (Wildman–Crippen MR) is 129 cm³/mol. The molecule has 0 aromatic heterocycles. The monoisotopic (exact) mass is 477 g/mol. The molecule has 0 bridgehead atoms. The van der Waals surface area contributed by atoms with E-state index in [4.69, 9.17) is 14.6 Å². The smallest absolute Gasteiger partial charge is 0.504 e. The van der Waals surface area contributed by atoms with E-state index in [1.165, 1.54) is 12.1 Å². The lowest BCUT2D eigenvalue weighted by molar-refractivity contribution is 0.0739. The van der Waals surface area contributed by atoms with E-state index in [9.17, 15) is 14.7 Å². The van der Waals surface area contributed by atoms with Gasteiger partial charge in [0, 0.05) is 18.7 Å². The Morgan fingerprint density at radius 1 is 0.943 bits per heavy atom. The third kappa shape index (κ3) is 5.84. The lowest BCUT2D eigenvalue weighted by Crippen LogP contribution is -2.31. The first kappa shape index (κ1) is 23.9. The van der Waals surface area contributed by atoms with E-state index in [1.54, 1.807) is 24.3 Å². The zero-order valence-electron chi connectivity index (χ0n) is 19.4. The summed E-state index contributed by atoms with van der Waals surface area (Å²) < 4.78 is 15.4. The minimum Gasteiger partial charge on any atom is -0.504 e. The van der Waals surface area contributed by atoms with Gasteiger partial charge in [0.05, 0.1) is 0 Å². The molecule has 0 aliphatic carbocycles. The highest BCUT2D eigenvalue weighted by Crippen LogP contribution is 2.34. The Bertz CT molecular complexity index is 1210. The van der Waals surface area contributed by atoms with E-state index in [-0.39, 0.29) is 24.2 Å². The van der Waals surface area contributed by atoms with Gasteiger partial charge in [0.15, 0.2) is 23.0 Å². The third-order valence-corrected chi connectivity index (χ3v) is 5.76. The zero-order valence-corrected chi connectivity index (χ0v) is 19.4. The molecule has 0 unspecified atom stereocenters. The number of hydrogen-bond acceptors (Lipinski definition) is 6. The number of fused-ring (bicyclic) bond motifs is 1. The molecule has 35 heavy (non-hydrogen) atoms. The topological polar surface area (TPSA) is 106 Å². The van der Waals surface area contributed by atoms with Crippen LogP contribution in [-0.2, 0) is 6.54 Å². The molecule has 3 aromatic carbocycles. The van der Waals surface area contributed by atoms with Gasteiger partial charge in [-0.3, -0.25) is 4.79 Å². The molecule has 1 heterocycles. The second-order valence-electron chi connectivity index (χ2n) is 8.25. The third-order valence-electron chi connectivity index (χ3n) is 5.76. The molecular formula is C27H27NO7. The Balaban J connectivity index is 1.51. The van der Waals surface area contributed by atoms with Gasteiger partial charge in [-0.2, -0.15) is 0 Å². The van der Waals surface area contributed by atoms with Crippen LogP contribution in [0.15, 0.2) is 60.7 Å². The summed E-state index contributed by atoms with van der Waals surface area (Å²) in [5.41, 5.74) is 3.03. The van der Waals surface area contributed by atoms with Gasteiger partial charge in [0.25, 0.3) is 5.91 Å². The number of carbonyl (C=O) groups is 2. The number of unbranched alkanes of at least 4 members (excludes halogenated alkanes) is 2.